The van der Waals surface area contributed by atoms with E-state index in [1.807, 2.05) is 0 Å². The van der Waals surface area contributed by atoms with Crippen LogP contribution < -0.4 is 0 Å². The van der Waals surface area contributed by atoms with Gasteiger partial charge in [-0.1, -0.05) is 5.92 Å². The number of aromatic nitrogens is 2. The van der Waals surface area contributed by atoms with Crippen LogP contribution in [0.2, 0.25) is 0 Å². The van der Waals surface area contributed by atoms with Gasteiger partial charge in [-0.15, -0.1) is 0 Å². The molecule has 0 aliphatic carbocycles. The maximum absolute atomic E-state index is 12.5. The fourth-order valence-electron chi connectivity index (χ4n) is 2.32. The number of hydrogen-bond acceptors (Lipinski definition) is 4. The zero-order valence-corrected chi connectivity index (χ0v) is 14.4. The highest BCUT2D eigenvalue weighted by Crippen LogP contribution is 2.26. The molecule has 0 radical (unpaired) electrons. The van der Waals surface area contributed by atoms with Gasteiger partial charge in [0.1, 0.15) is 11.3 Å². The summed E-state index contributed by atoms with van der Waals surface area (Å²) in [6.45, 7) is 5.89. The summed E-state index contributed by atoms with van der Waals surface area (Å²) < 4.78 is 42.8. The molecule has 1 fully saturated rings. The summed E-state index contributed by atoms with van der Waals surface area (Å²) in [5.41, 5.74) is -1.54. The molecular formula is C17H20F3N3O2. The van der Waals surface area contributed by atoms with Crippen molar-refractivity contribution in [2.45, 2.75) is 57.9 Å². The Bertz CT molecular complexity index is 670. The van der Waals surface area contributed by atoms with Crippen molar-refractivity contribution in [3.05, 3.63) is 23.8 Å². The number of halogens is 3. The normalized spacial score (nSPS) is 18.3. The molecule has 2 rings (SSSR count). The number of piperidine rings is 1. The van der Waals surface area contributed by atoms with Gasteiger partial charge in [0.15, 0.2) is 5.69 Å². The molecule has 5 nitrogen and oxygen atoms in total. The van der Waals surface area contributed by atoms with Gasteiger partial charge in [0.05, 0.1) is 18.4 Å². The first kappa shape index (κ1) is 19.0. The van der Waals surface area contributed by atoms with E-state index < -0.39 is 23.6 Å². The molecule has 1 amide bonds. The summed E-state index contributed by atoms with van der Waals surface area (Å²) in [5, 5.41) is 0. The average Bonchev–Trinajstić information content (AvgIpc) is 2.51. The number of rotatable bonds is 0. The van der Waals surface area contributed by atoms with Crippen LogP contribution in [0.4, 0.5) is 18.0 Å². The monoisotopic (exact) mass is 355 g/mol. The number of carbonyl (C=O) groups is 1. The lowest BCUT2D eigenvalue weighted by molar-refractivity contribution is -0.141. The number of ether oxygens (including phenoxy) is 1. The Morgan fingerprint density at radius 1 is 1.24 bits per heavy atom. The second-order valence-corrected chi connectivity index (χ2v) is 6.74. The number of alkyl halides is 3. The third-order valence-electron chi connectivity index (χ3n) is 3.44. The first-order valence-corrected chi connectivity index (χ1v) is 7.97. The fourth-order valence-corrected chi connectivity index (χ4v) is 2.32. The van der Waals surface area contributed by atoms with Crippen molar-refractivity contribution in [1.29, 1.82) is 0 Å². The van der Waals surface area contributed by atoms with Crippen LogP contribution in [0, 0.1) is 11.8 Å². The van der Waals surface area contributed by atoms with Gasteiger partial charge < -0.3 is 4.74 Å². The fraction of sp³-hybridized carbons (Fsp3) is 0.588. The molecule has 0 bridgehead atoms. The zero-order valence-electron chi connectivity index (χ0n) is 14.4. The van der Waals surface area contributed by atoms with Gasteiger partial charge in [-0.3, -0.25) is 4.90 Å². The highest BCUT2D eigenvalue weighted by atomic mass is 19.4. The van der Waals surface area contributed by atoms with Crippen LogP contribution >= 0.6 is 0 Å². The number of amides is 1. The van der Waals surface area contributed by atoms with Crippen LogP contribution in [-0.2, 0) is 10.9 Å². The molecule has 1 unspecified atom stereocenters. The molecule has 0 saturated carbocycles. The summed E-state index contributed by atoms with van der Waals surface area (Å²) in [5.74, 6) is 5.60. The summed E-state index contributed by atoms with van der Waals surface area (Å²) in [7, 11) is 0. The van der Waals surface area contributed by atoms with Crippen molar-refractivity contribution in [2.75, 3.05) is 6.54 Å². The Labute approximate surface area is 144 Å². The van der Waals surface area contributed by atoms with E-state index in [1.165, 1.54) is 0 Å². The van der Waals surface area contributed by atoms with Crippen molar-refractivity contribution >= 4 is 6.09 Å². The molecule has 0 N–H and O–H groups in total. The molecule has 25 heavy (non-hydrogen) atoms. The van der Waals surface area contributed by atoms with Crippen molar-refractivity contribution in [3.8, 4) is 11.8 Å². The van der Waals surface area contributed by atoms with E-state index in [0.717, 1.165) is 19.0 Å². The van der Waals surface area contributed by atoms with Gasteiger partial charge in [0, 0.05) is 6.54 Å². The molecule has 1 aliphatic heterocycles. The summed E-state index contributed by atoms with van der Waals surface area (Å²) in [6, 6.07) is -0.354. The quantitative estimate of drug-likeness (QED) is 0.667. The summed E-state index contributed by atoms with van der Waals surface area (Å²) in [4.78, 5) is 20.8. The molecule has 2 heterocycles. The third kappa shape index (κ3) is 5.62. The van der Waals surface area contributed by atoms with Crippen molar-refractivity contribution < 1.29 is 22.7 Å². The van der Waals surface area contributed by atoms with Gasteiger partial charge in [0.2, 0.25) is 0 Å². The molecule has 1 saturated heterocycles. The molecule has 0 spiro atoms. The highest BCUT2D eigenvalue weighted by molar-refractivity contribution is 5.69. The van der Waals surface area contributed by atoms with E-state index in [2.05, 4.69) is 21.8 Å². The molecule has 1 atom stereocenters. The smallest absolute Gasteiger partial charge is 0.434 e. The molecular weight excluding hydrogens is 335 g/mol. The zero-order chi connectivity index (χ0) is 18.7. The lowest BCUT2D eigenvalue weighted by atomic mass is 10.0. The molecule has 8 heteroatoms. The van der Waals surface area contributed by atoms with Crippen molar-refractivity contribution in [3.63, 3.8) is 0 Å². The Balaban J connectivity index is 2.12. The van der Waals surface area contributed by atoms with Crippen molar-refractivity contribution in [1.82, 2.24) is 14.9 Å². The predicted molar refractivity (Wildman–Crippen MR) is 84.5 cm³/mol. The Kier molecular flexibility index (Phi) is 5.55. The second-order valence-electron chi connectivity index (χ2n) is 6.74. The second kappa shape index (κ2) is 7.30. The Hall–Kier alpha value is -2.30. The minimum atomic E-state index is -4.53. The molecule has 136 valence electrons. The summed E-state index contributed by atoms with van der Waals surface area (Å²) in [6.07, 6.45) is -0.886. The topological polar surface area (TPSA) is 55.3 Å². The minimum absolute atomic E-state index is 0.128. The van der Waals surface area contributed by atoms with E-state index in [0.29, 0.717) is 19.2 Å². The van der Waals surface area contributed by atoms with Crippen LogP contribution in [0.3, 0.4) is 0 Å². The first-order valence-electron chi connectivity index (χ1n) is 7.97. The first-order chi connectivity index (χ1) is 11.6. The molecule has 1 aliphatic rings. The lowest BCUT2D eigenvalue weighted by Gasteiger charge is -2.34. The van der Waals surface area contributed by atoms with Gasteiger partial charge >= 0.3 is 12.3 Å². The van der Waals surface area contributed by atoms with Crippen LogP contribution in [0.25, 0.3) is 0 Å². The van der Waals surface area contributed by atoms with Gasteiger partial charge in [-0.05, 0) is 46.0 Å². The van der Waals surface area contributed by atoms with Crippen LogP contribution in [0.5, 0.6) is 0 Å². The molecule has 1 aromatic rings. The van der Waals surface area contributed by atoms with Gasteiger partial charge in [0.25, 0.3) is 0 Å². The van der Waals surface area contributed by atoms with Gasteiger partial charge in [-0.2, -0.15) is 13.2 Å². The van der Waals surface area contributed by atoms with E-state index in [1.54, 1.807) is 25.7 Å². The van der Waals surface area contributed by atoms with E-state index >= 15 is 0 Å². The SMILES string of the molecule is CC(C)(C)OC(=O)N1CCCCC1C#Cc1cnc(C(F)(F)F)cn1. The number of likely N-dealkylation sites (tertiary alicyclic amines) is 1. The van der Waals surface area contributed by atoms with Crippen LogP contribution in [-0.4, -0.2) is 39.1 Å². The maximum Gasteiger partial charge on any atom is 0.434 e. The average molecular weight is 355 g/mol. The number of hydrogen-bond donors (Lipinski definition) is 0. The standard InChI is InChI=1S/C17H20F3N3O2/c1-16(2,3)25-15(24)23-9-5-4-6-13(23)8-7-12-10-22-14(11-21-12)17(18,19)20/h10-11,13H,4-6,9H2,1-3H3. The highest BCUT2D eigenvalue weighted by Gasteiger charge is 2.33. The molecule has 0 aromatic carbocycles. The van der Waals surface area contributed by atoms with Crippen molar-refractivity contribution in [2.24, 2.45) is 0 Å². The summed E-state index contributed by atoms with van der Waals surface area (Å²) >= 11 is 0. The lowest BCUT2D eigenvalue weighted by Crippen LogP contribution is -2.45. The number of carbonyl (C=O) groups excluding carboxylic acids is 1. The van der Waals surface area contributed by atoms with Gasteiger partial charge in [-0.25, -0.2) is 14.8 Å². The van der Waals surface area contributed by atoms with E-state index in [4.69, 9.17) is 4.74 Å². The maximum atomic E-state index is 12.5. The predicted octanol–water partition coefficient (Wildman–Crippen LogP) is 3.64. The van der Waals surface area contributed by atoms with Crippen LogP contribution in [0.15, 0.2) is 12.4 Å². The Morgan fingerprint density at radius 3 is 2.52 bits per heavy atom. The third-order valence-corrected chi connectivity index (χ3v) is 3.44. The molecule has 1 aromatic heterocycles. The van der Waals surface area contributed by atoms with Crippen LogP contribution in [0.1, 0.15) is 51.4 Å². The number of nitrogens with zero attached hydrogens (tertiary/aromatic N) is 3. The van der Waals surface area contributed by atoms with E-state index in [9.17, 15) is 18.0 Å². The van der Waals surface area contributed by atoms with E-state index in [-0.39, 0.29) is 11.7 Å². The Morgan fingerprint density at radius 2 is 1.96 bits per heavy atom. The minimum Gasteiger partial charge on any atom is -0.444 e. The largest absolute Gasteiger partial charge is 0.444 e.